The van der Waals surface area contributed by atoms with E-state index in [1.807, 2.05) is 0 Å². The van der Waals surface area contributed by atoms with Crippen LogP contribution in [0.2, 0.25) is 18.1 Å². The molecule has 0 atom stereocenters. The summed E-state index contributed by atoms with van der Waals surface area (Å²) < 4.78 is 85.4. The molecule has 138 valence electrons. The quantitative estimate of drug-likeness (QED) is 0.186. The molecule has 0 aliphatic heterocycles. The van der Waals surface area contributed by atoms with Crippen LogP contribution in [0.25, 0.3) is 0 Å². The topological polar surface area (TPSA) is 75.7 Å². The third-order valence-electron chi connectivity index (χ3n) is 4.07. The highest BCUT2D eigenvalue weighted by Crippen LogP contribution is 2.44. The Morgan fingerprint density at radius 2 is 1.42 bits per heavy atom. The van der Waals surface area contributed by atoms with Crippen LogP contribution >= 0.6 is 12.0 Å². The zero-order valence-corrected chi connectivity index (χ0v) is 16.0. The first-order valence-electron chi connectivity index (χ1n) is 6.45. The van der Waals surface area contributed by atoms with Gasteiger partial charge in [0.1, 0.15) is 9.79 Å². The molecule has 0 bridgehead atoms. The fraction of sp³-hybridized carbons (Fsp3) is 0.500. The van der Waals surface area contributed by atoms with Crippen molar-refractivity contribution < 1.29 is 40.6 Å². The number of hydrogen-bond acceptors (Lipinski definition) is 6. The maximum atomic E-state index is 14.2. The number of hydrogen-bond donors (Lipinski definition) is 0. The number of benzene rings is 1. The molecule has 1 rings (SSSR count). The van der Waals surface area contributed by atoms with E-state index in [0.29, 0.717) is 0 Å². The SMILES string of the molecule is CC(C)(C)[Si](C)(C)S(=O)(=O)c1c(F)c(F)c(SOO[O-])c(F)c1F. The summed E-state index contributed by atoms with van der Waals surface area (Å²) in [5, 5.41) is 11.7. The van der Waals surface area contributed by atoms with Crippen LogP contribution in [0.4, 0.5) is 17.6 Å². The van der Waals surface area contributed by atoms with Crippen LogP contribution in [0, 0.1) is 23.3 Å². The van der Waals surface area contributed by atoms with E-state index in [0.717, 1.165) is 0 Å². The highest BCUT2D eigenvalue weighted by Gasteiger charge is 2.51. The lowest BCUT2D eigenvalue weighted by Gasteiger charge is -2.35. The molecule has 0 unspecified atom stereocenters. The number of rotatable bonds is 5. The van der Waals surface area contributed by atoms with Crippen molar-refractivity contribution in [1.29, 1.82) is 0 Å². The summed E-state index contributed by atoms with van der Waals surface area (Å²) in [5.74, 6) is -8.13. The van der Waals surface area contributed by atoms with Crippen molar-refractivity contribution in [3.63, 3.8) is 0 Å². The van der Waals surface area contributed by atoms with Gasteiger partial charge in [-0.2, -0.15) is 4.33 Å². The van der Waals surface area contributed by atoms with Gasteiger partial charge in [0.15, 0.2) is 32.6 Å². The zero-order chi connectivity index (χ0) is 19.1. The Hall–Kier alpha value is -0.663. The van der Waals surface area contributed by atoms with Crippen LogP contribution in [-0.2, 0) is 18.7 Å². The van der Waals surface area contributed by atoms with Crippen molar-refractivity contribution >= 4 is 28.6 Å². The van der Waals surface area contributed by atoms with E-state index in [1.165, 1.54) is 13.1 Å². The molecule has 0 heterocycles. The molecule has 0 aliphatic carbocycles. The molecule has 0 amide bonds. The van der Waals surface area contributed by atoms with E-state index < -0.39 is 66.7 Å². The molecule has 0 spiro atoms. The summed E-state index contributed by atoms with van der Waals surface area (Å²) in [6.45, 7) is 7.33. The van der Waals surface area contributed by atoms with E-state index >= 15 is 0 Å². The van der Waals surface area contributed by atoms with Crippen molar-refractivity contribution in [3.05, 3.63) is 23.3 Å². The lowest BCUT2D eigenvalue weighted by atomic mass is 10.2. The Bertz CT molecular complexity index is 718. The van der Waals surface area contributed by atoms with Crippen molar-refractivity contribution in [2.24, 2.45) is 0 Å². The molecule has 0 aromatic heterocycles. The first-order chi connectivity index (χ1) is 10.7. The van der Waals surface area contributed by atoms with Crippen molar-refractivity contribution in [2.75, 3.05) is 0 Å². The van der Waals surface area contributed by atoms with E-state index in [9.17, 15) is 31.2 Å². The highest BCUT2D eigenvalue weighted by atomic mass is 32.4. The Kier molecular flexibility index (Phi) is 6.16. The van der Waals surface area contributed by atoms with Crippen LogP contribution in [0.5, 0.6) is 0 Å². The molecule has 24 heavy (non-hydrogen) atoms. The van der Waals surface area contributed by atoms with Crippen LogP contribution in [0.3, 0.4) is 0 Å². The minimum atomic E-state index is -4.67. The van der Waals surface area contributed by atoms with Crippen LogP contribution < -0.4 is 5.26 Å². The second-order valence-electron chi connectivity index (χ2n) is 6.40. The van der Waals surface area contributed by atoms with E-state index in [4.69, 9.17) is 0 Å². The zero-order valence-electron chi connectivity index (χ0n) is 13.4. The Balaban J connectivity index is 3.75. The fourth-order valence-electron chi connectivity index (χ4n) is 1.61. The molecular weight excluding hydrogens is 392 g/mol. The lowest BCUT2D eigenvalue weighted by Crippen LogP contribution is -2.46. The average Bonchev–Trinajstić information content (AvgIpc) is 2.44. The van der Waals surface area contributed by atoms with Crippen LogP contribution in [-0.4, -0.2) is 15.6 Å². The second kappa shape index (κ2) is 6.92. The molecular formula is C12H15F4O5S2Si-. The van der Waals surface area contributed by atoms with Gasteiger partial charge in [-0.3, -0.25) is 5.04 Å². The minimum absolute atomic E-state index is 0.414. The summed E-state index contributed by atoms with van der Waals surface area (Å²) in [5.41, 5.74) is 0. The molecule has 0 aliphatic rings. The number of halogens is 4. The lowest BCUT2D eigenvalue weighted by molar-refractivity contribution is -0.777. The normalized spacial score (nSPS) is 13.4. The van der Waals surface area contributed by atoms with E-state index in [1.54, 1.807) is 20.8 Å². The smallest absolute Gasteiger partial charge is 0.201 e. The van der Waals surface area contributed by atoms with Crippen molar-refractivity contribution in [2.45, 2.75) is 48.7 Å². The molecule has 0 saturated carbocycles. The first-order valence-corrected chi connectivity index (χ1v) is 12.4. The molecule has 5 nitrogen and oxygen atoms in total. The predicted octanol–water partition coefficient (Wildman–Crippen LogP) is 3.25. The van der Waals surface area contributed by atoms with Crippen molar-refractivity contribution in [1.82, 2.24) is 0 Å². The van der Waals surface area contributed by atoms with Gasteiger partial charge in [-0.25, -0.2) is 26.0 Å². The van der Waals surface area contributed by atoms with Crippen LogP contribution in [0.1, 0.15) is 20.8 Å². The Labute approximate surface area is 141 Å². The standard InChI is InChI=1S/C12H16F4O5S2Si/c1-12(2,3)24(4,5)23(18,19)11-8(15)6(13)10(22-21-20-17)7(14)9(11)16/h17H,1-5H3/p-1. The van der Waals surface area contributed by atoms with Gasteiger partial charge in [0, 0.05) is 0 Å². The predicted molar refractivity (Wildman–Crippen MR) is 78.7 cm³/mol. The molecule has 0 saturated heterocycles. The maximum absolute atomic E-state index is 14.2. The first kappa shape index (κ1) is 21.4. The molecule has 0 N–H and O–H groups in total. The molecule has 0 radical (unpaired) electrons. The average molecular weight is 407 g/mol. The molecule has 1 aromatic carbocycles. The van der Waals surface area contributed by atoms with Crippen molar-refractivity contribution in [3.8, 4) is 0 Å². The molecule has 12 heteroatoms. The molecule has 1 aromatic rings. The fourth-order valence-corrected chi connectivity index (χ4v) is 8.48. The second-order valence-corrected chi connectivity index (χ2v) is 17.7. The summed E-state index contributed by atoms with van der Waals surface area (Å²) >= 11 is -0.414. The minimum Gasteiger partial charge on any atom is -0.691 e. The van der Waals surface area contributed by atoms with E-state index in [2.05, 4.69) is 9.37 Å². The van der Waals surface area contributed by atoms with E-state index in [-0.39, 0.29) is 0 Å². The summed E-state index contributed by atoms with van der Waals surface area (Å²) in [7, 11) is -8.15. The third-order valence-corrected chi connectivity index (χ3v) is 17.1. The third kappa shape index (κ3) is 3.35. The van der Waals surface area contributed by atoms with Crippen LogP contribution in [0.15, 0.2) is 9.79 Å². The van der Waals surface area contributed by atoms with Gasteiger partial charge in [-0.15, -0.1) is 0 Å². The summed E-state index contributed by atoms with van der Waals surface area (Å²) in [4.78, 5) is -3.02. The van der Waals surface area contributed by atoms with Gasteiger partial charge in [-0.05, 0) is 5.04 Å². The monoisotopic (exact) mass is 407 g/mol. The Morgan fingerprint density at radius 3 is 1.75 bits per heavy atom. The largest absolute Gasteiger partial charge is 0.691 e. The van der Waals surface area contributed by atoms with Gasteiger partial charge in [0.05, 0.1) is 12.0 Å². The summed E-state index contributed by atoms with van der Waals surface area (Å²) in [6.07, 6.45) is 0. The maximum Gasteiger partial charge on any atom is 0.201 e. The Morgan fingerprint density at radius 1 is 1.00 bits per heavy atom. The van der Waals surface area contributed by atoms with Gasteiger partial charge < -0.3 is 5.26 Å². The van der Waals surface area contributed by atoms with Gasteiger partial charge in [0.2, 0.25) is 7.22 Å². The van der Waals surface area contributed by atoms with Gasteiger partial charge >= 0.3 is 0 Å². The van der Waals surface area contributed by atoms with Gasteiger partial charge in [0.25, 0.3) is 0 Å². The highest BCUT2D eigenvalue weighted by molar-refractivity contribution is 8.22. The summed E-state index contributed by atoms with van der Waals surface area (Å²) in [6, 6.07) is 0. The molecule has 0 fully saturated rings. The van der Waals surface area contributed by atoms with Gasteiger partial charge in [-0.1, -0.05) is 33.9 Å².